The van der Waals surface area contributed by atoms with Crippen LogP contribution in [0.15, 0.2) is 84.0 Å². The van der Waals surface area contributed by atoms with Gasteiger partial charge in [-0.2, -0.15) is 0 Å². The van der Waals surface area contributed by atoms with E-state index in [4.69, 9.17) is 21.1 Å². The molecule has 33 heavy (non-hydrogen) atoms. The van der Waals surface area contributed by atoms with Gasteiger partial charge in [-0.1, -0.05) is 54.1 Å². The fourth-order valence-corrected chi connectivity index (χ4v) is 3.52. The van der Waals surface area contributed by atoms with Crippen LogP contribution in [0.2, 0.25) is 5.02 Å². The summed E-state index contributed by atoms with van der Waals surface area (Å²) < 4.78 is 11.1. The first-order valence-corrected chi connectivity index (χ1v) is 11.0. The van der Waals surface area contributed by atoms with Crippen LogP contribution in [-0.4, -0.2) is 30.5 Å². The van der Waals surface area contributed by atoms with E-state index < -0.39 is 5.97 Å². The van der Waals surface area contributed by atoms with E-state index in [0.29, 0.717) is 11.6 Å². The highest BCUT2D eigenvalue weighted by Gasteiger charge is 2.32. The number of hydrazine groups is 1. The van der Waals surface area contributed by atoms with E-state index in [0.717, 1.165) is 22.6 Å². The summed E-state index contributed by atoms with van der Waals surface area (Å²) in [6.07, 6.45) is -0.333. The van der Waals surface area contributed by atoms with Crippen LogP contribution < -0.4 is 15.2 Å². The molecule has 0 saturated carbocycles. The minimum Gasteiger partial charge on any atom is -0.489 e. The molecule has 1 aliphatic heterocycles. The lowest BCUT2D eigenvalue weighted by molar-refractivity contribution is -0.136. The average Bonchev–Trinajstić information content (AvgIpc) is 2.84. The van der Waals surface area contributed by atoms with Crippen LogP contribution in [0.5, 0.6) is 5.75 Å². The van der Waals surface area contributed by atoms with E-state index in [1.807, 2.05) is 78.9 Å². The van der Waals surface area contributed by atoms with Crippen molar-refractivity contribution >= 4 is 29.1 Å². The molecule has 3 aromatic rings. The van der Waals surface area contributed by atoms with Gasteiger partial charge < -0.3 is 9.47 Å². The van der Waals surface area contributed by atoms with E-state index in [1.54, 1.807) is 24.0 Å². The molecule has 1 atom stereocenters. The largest absolute Gasteiger partial charge is 0.489 e. The van der Waals surface area contributed by atoms with Crippen molar-refractivity contribution in [2.45, 2.75) is 19.7 Å². The van der Waals surface area contributed by atoms with E-state index in [2.05, 4.69) is 10.5 Å². The number of para-hydroxylation sites is 1. The average molecular weight is 465 g/mol. The minimum atomic E-state index is -0.488. The maximum Gasteiger partial charge on any atom is 0.377 e. The molecule has 0 unspecified atom stereocenters. The normalized spacial score (nSPS) is 15.7. The summed E-state index contributed by atoms with van der Waals surface area (Å²) in [6.45, 7) is 2.49. The number of esters is 1. The Morgan fingerprint density at radius 3 is 2.39 bits per heavy atom. The molecule has 1 heterocycles. The van der Waals surface area contributed by atoms with Crippen molar-refractivity contribution in [1.82, 2.24) is 10.4 Å². The molecule has 8 heteroatoms. The minimum absolute atomic E-state index is 0.180. The first kappa shape index (κ1) is 22.6. The van der Waals surface area contributed by atoms with E-state index >= 15 is 0 Å². The lowest BCUT2D eigenvalue weighted by atomic mass is 10.1. The van der Waals surface area contributed by atoms with Gasteiger partial charge in [-0.3, -0.25) is 5.01 Å². The van der Waals surface area contributed by atoms with Gasteiger partial charge in [0.1, 0.15) is 18.5 Å². The molecule has 0 spiro atoms. The number of anilines is 1. The quantitative estimate of drug-likeness (QED) is 0.509. The first-order chi connectivity index (χ1) is 16.0. The van der Waals surface area contributed by atoms with E-state index in [-0.39, 0.29) is 18.6 Å². The maximum atomic E-state index is 12.4. The highest BCUT2D eigenvalue weighted by Crippen LogP contribution is 2.30. The van der Waals surface area contributed by atoms with Crippen molar-refractivity contribution in [2.24, 2.45) is 5.10 Å². The van der Waals surface area contributed by atoms with Gasteiger partial charge in [0.15, 0.2) is 0 Å². The third-order valence-electron chi connectivity index (χ3n) is 5.07. The summed E-state index contributed by atoms with van der Waals surface area (Å²) in [4.78, 5) is 12.4. The van der Waals surface area contributed by atoms with Gasteiger partial charge in [0.05, 0.1) is 12.3 Å². The number of amidine groups is 1. The second-order valence-corrected chi connectivity index (χ2v) is 7.84. The monoisotopic (exact) mass is 464 g/mol. The summed E-state index contributed by atoms with van der Waals surface area (Å²) in [5.41, 5.74) is 6.16. The van der Waals surface area contributed by atoms with Gasteiger partial charge >= 0.3 is 5.97 Å². The number of carbonyl (C=O) groups excluding carboxylic acids is 1. The number of hydrogen-bond donors (Lipinski definition) is 1. The van der Waals surface area contributed by atoms with Crippen LogP contribution in [0.4, 0.5) is 5.69 Å². The van der Waals surface area contributed by atoms with Crippen molar-refractivity contribution in [3.63, 3.8) is 0 Å². The number of nitrogens with one attached hydrogen (secondary N) is 1. The van der Waals surface area contributed by atoms with Crippen molar-refractivity contribution in [1.29, 1.82) is 0 Å². The first-order valence-electron chi connectivity index (χ1n) is 10.6. The van der Waals surface area contributed by atoms with Gasteiger partial charge in [0.25, 0.3) is 0 Å². The van der Waals surface area contributed by atoms with Crippen molar-refractivity contribution in [3.8, 4) is 5.75 Å². The molecule has 0 saturated heterocycles. The van der Waals surface area contributed by atoms with Crippen LogP contribution in [0, 0.1) is 0 Å². The van der Waals surface area contributed by atoms with Crippen LogP contribution in [0.25, 0.3) is 0 Å². The second kappa shape index (κ2) is 10.4. The number of halogens is 1. The number of ether oxygens (including phenoxy) is 2. The summed E-state index contributed by atoms with van der Waals surface area (Å²) >= 11 is 5.94. The zero-order chi connectivity index (χ0) is 23.2. The number of rotatable bonds is 7. The fraction of sp³-hybridized carbons (Fsp3) is 0.200. The molecule has 4 rings (SSSR count). The molecule has 0 radical (unpaired) electrons. The topological polar surface area (TPSA) is 66.4 Å². The SMILES string of the molecule is CCOC(=O)C1=NN(c2ccccc2)[C@@H](c2ccc(OCc3ccc(Cl)cc3)cc2)NN1C. The zero-order valence-electron chi connectivity index (χ0n) is 18.4. The molecule has 3 aromatic carbocycles. The Morgan fingerprint density at radius 2 is 1.73 bits per heavy atom. The Bertz CT molecular complexity index is 1100. The third-order valence-corrected chi connectivity index (χ3v) is 5.33. The van der Waals surface area contributed by atoms with Crippen molar-refractivity contribution in [3.05, 3.63) is 95.0 Å². The van der Waals surface area contributed by atoms with E-state index in [1.165, 1.54) is 0 Å². The number of nitrogens with zero attached hydrogens (tertiary/aromatic N) is 3. The smallest absolute Gasteiger partial charge is 0.377 e. The van der Waals surface area contributed by atoms with Crippen molar-refractivity contribution < 1.29 is 14.3 Å². The summed E-state index contributed by atoms with van der Waals surface area (Å²) in [7, 11) is 1.74. The molecule has 0 fully saturated rings. The molecular weight excluding hydrogens is 440 g/mol. The molecule has 1 aliphatic rings. The Kier molecular flexibility index (Phi) is 7.12. The lowest BCUT2D eigenvalue weighted by Gasteiger charge is -2.39. The van der Waals surface area contributed by atoms with Crippen molar-refractivity contribution in [2.75, 3.05) is 18.7 Å². The number of carbonyl (C=O) groups is 1. The summed E-state index contributed by atoms with van der Waals surface area (Å²) in [5, 5.41) is 8.67. The van der Waals surface area contributed by atoms with Gasteiger partial charge in [-0.25, -0.2) is 15.2 Å². The predicted octanol–water partition coefficient (Wildman–Crippen LogP) is 4.75. The second-order valence-electron chi connectivity index (χ2n) is 7.40. The van der Waals surface area contributed by atoms with Gasteiger partial charge in [0, 0.05) is 12.1 Å². The highest BCUT2D eigenvalue weighted by molar-refractivity contribution is 6.35. The van der Waals surface area contributed by atoms with Gasteiger partial charge in [-0.05, 0) is 54.4 Å². The molecule has 0 bridgehead atoms. The Balaban J connectivity index is 1.55. The molecule has 7 nitrogen and oxygen atoms in total. The molecule has 0 aromatic heterocycles. The molecule has 0 amide bonds. The number of likely N-dealkylation sites (N-methyl/N-ethyl adjacent to an activating group) is 1. The predicted molar refractivity (Wildman–Crippen MR) is 129 cm³/mol. The number of benzene rings is 3. The Morgan fingerprint density at radius 1 is 1.03 bits per heavy atom. The number of hydrogen-bond acceptors (Lipinski definition) is 7. The highest BCUT2D eigenvalue weighted by atomic mass is 35.5. The van der Waals surface area contributed by atoms with Gasteiger partial charge in [0.2, 0.25) is 5.84 Å². The van der Waals surface area contributed by atoms with Gasteiger partial charge in [-0.15, -0.1) is 5.10 Å². The zero-order valence-corrected chi connectivity index (χ0v) is 19.2. The molecule has 170 valence electrons. The summed E-state index contributed by atoms with van der Waals surface area (Å²) in [5.74, 6) is 0.442. The lowest BCUT2D eigenvalue weighted by Crippen LogP contribution is -2.55. The number of hydrazone groups is 1. The fourth-order valence-electron chi connectivity index (χ4n) is 3.40. The molecule has 1 N–H and O–H groups in total. The third kappa shape index (κ3) is 5.45. The maximum absolute atomic E-state index is 12.4. The standard InChI is InChI=1S/C25H25ClN4O3/c1-3-32-25(31)24-28-30(21-7-5-4-6-8-21)23(27-29(24)2)19-11-15-22(16-12-19)33-17-18-9-13-20(26)14-10-18/h4-16,23,27H,3,17H2,1-2H3/t23-/m0/s1. The van der Waals surface area contributed by atoms with Crippen LogP contribution in [0.3, 0.4) is 0 Å². The Hall–Kier alpha value is -3.55. The van der Waals surface area contributed by atoms with Crippen LogP contribution in [0.1, 0.15) is 24.2 Å². The van der Waals surface area contributed by atoms with Crippen LogP contribution in [-0.2, 0) is 16.1 Å². The Labute approximate surface area is 198 Å². The van der Waals surface area contributed by atoms with Crippen LogP contribution >= 0.6 is 11.6 Å². The molecule has 0 aliphatic carbocycles. The summed E-state index contributed by atoms with van der Waals surface area (Å²) in [6, 6.07) is 25.0. The molecular formula is C25H25ClN4O3. The van der Waals surface area contributed by atoms with E-state index in [9.17, 15) is 4.79 Å².